The predicted molar refractivity (Wildman–Crippen MR) is 69.9 cm³/mol. The summed E-state index contributed by atoms with van der Waals surface area (Å²) < 4.78 is 0. The van der Waals surface area contributed by atoms with Crippen molar-refractivity contribution in [3.63, 3.8) is 0 Å². The van der Waals surface area contributed by atoms with Crippen molar-refractivity contribution in [2.75, 3.05) is 5.73 Å². The summed E-state index contributed by atoms with van der Waals surface area (Å²) in [5.41, 5.74) is 5.28. The summed E-state index contributed by atoms with van der Waals surface area (Å²) in [6.45, 7) is 1.43. The summed E-state index contributed by atoms with van der Waals surface area (Å²) in [7, 11) is 0. The lowest BCUT2D eigenvalue weighted by atomic mass is 10.1. The van der Waals surface area contributed by atoms with Crippen molar-refractivity contribution in [2.24, 2.45) is 0 Å². The molecule has 0 amide bonds. The first kappa shape index (κ1) is 13.3. The molecule has 0 aliphatic rings. The molecule has 0 saturated carbocycles. The van der Waals surface area contributed by atoms with E-state index in [1.165, 1.54) is 31.2 Å². The van der Waals surface area contributed by atoms with Gasteiger partial charge in [0.15, 0.2) is 5.69 Å². The zero-order valence-electron chi connectivity index (χ0n) is 10.3. The number of rotatable bonds is 3. The zero-order chi connectivity index (χ0) is 14.9. The minimum Gasteiger partial charge on any atom is -0.368 e. The molecule has 0 aliphatic carbocycles. The number of anilines is 1. The van der Waals surface area contributed by atoms with Crippen LogP contribution < -0.4 is 5.73 Å². The van der Waals surface area contributed by atoms with E-state index in [0.29, 0.717) is 0 Å². The maximum absolute atomic E-state index is 11.1. The molecule has 0 bridgehead atoms. The Morgan fingerprint density at radius 1 is 1.15 bits per heavy atom. The average molecular weight is 275 g/mol. The van der Waals surface area contributed by atoms with Crippen LogP contribution in [0.5, 0.6) is 0 Å². The normalized spacial score (nSPS) is 10.2. The lowest BCUT2D eigenvalue weighted by Crippen LogP contribution is -2.04. The largest absolute Gasteiger partial charge is 0.368 e. The Morgan fingerprint density at radius 3 is 2.45 bits per heavy atom. The van der Waals surface area contributed by atoms with E-state index < -0.39 is 9.85 Å². The molecular formula is C11H9N5O4. The van der Waals surface area contributed by atoms with Crippen molar-refractivity contribution in [1.82, 2.24) is 9.97 Å². The van der Waals surface area contributed by atoms with Crippen molar-refractivity contribution in [1.29, 1.82) is 0 Å². The highest BCUT2D eigenvalue weighted by Crippen LogP contribution is 2.32. The molecule has 0 radical (unpaired) electrons. The summed E-state index contributed by atoms with van der Waals surface area (Å²) in [6, 6.07) is 5.40. The number of benzene rings is 1. The number of aromatic nitrogens is 2. The Hall–Kier alpha value is -3.10. The van der Waals surface area contributed by atoms with Gasteiger partial charge in [-0.25, -0.2) is 9.97 Å². The van der Waals surface area contributed by atoms with Gasteiger partial charge in [-0.2, -0.15) is 0 Å². The second kappa shape index (κ2) is 4.88. The number of aryl methyl sites for hydroxylation is 1. The van der Waals surface area contributed by atoms with Crippen LogP contribution in [0.25, 0.3) is 11.3 Å². The number of nitro groups is 2. The van der Waals surface area contributed by atoms with E-state index in [9.17, 15) is 20.2 Å². The molecule has 0 aliphatic heterocycles. The molecule has 20 heavy (non-hydrogen) atoms. The van der Waals surface area contributed by atoms with Gasteiger partial charge in [0.25, 0.3) is 5.69 Å². The molecule has 1 aromatic heterocycles. The molecule has 1 aromatic carbocycles. The molecule has 1 heterocycles. The number of hydrogen-bond donors (Lipinski definition) is 1. The lowest BCUT2D eigenvalue weighted by Gasteiger charge is -2.05. The van der Waals surface area contributed by atoms with Crippen LogP contribution in [0.1, 0.15) is 5.69 Å². The molecule has 0 atom stereocenters. The van der Waals surface area contributed by atoms with E-state index in [-0.39, 0.29) is 34.3 Å². The van der Waals surface area contributed by atoms with Crippen molar-refractivity contribution >= 4 is 17.3 Å². The minimum absolute atomic E-state index is 0.0382. The van der Waals surface area contributed by atoms with Gasteiger partial charge in [0.2, 0.25) is 5.95 Å². The topological polar surface area (TPSA) is 138 Å². The van der Waals surface area contributed by atoms with Crippen LogP contribution >= 0.6 is 0 Å². The van der Waals surface area contributed by atoms with E-state index in [1.54, 1.807) is 0 Å². The van der Waals surface area contributed by atoms with Crippen LogP contribution in [0.3, 0.4) is 0 Å². The third-order valence-electron chi connectivity index (χ3n) is 2.59. The standard InChI is InChI=1S/C11H9N5O4/c1-6-10(16(19)20)9(14-11(12)13-6)7-3-2-4-8(5-7)15(17)18/h2-5H,1H3,(H2,12,13,14). The average Bonchev–Trinajstić information content (AvgIpc) is 2.37. The summed E-state index contributed by atoms with van der Waals surface area (Å²) in [5.74, 6) is -0.130. The van der Waals surface area contributed by atoms with Gasteiger partial charge in [-0.05, 0) is 6.92 Å². The Labute approximate surface area is 112 Å². The SMILES string of the molecule is Cc1nc(N)nc(-c2cccc([N+](=O)[O-])c2)c1[N+](=O)[O-]. The highest BCUT2D eigenvalue weighted by atomic mass is 16.6. The van der Waals surface area contributed by atoms with Gasteiger partial charge in [0.1, 0.15) is 5.69 Å². The highest BCUT2D eigenvalue weighted by molar-refractivity contribution is 5.73. The maximum atomic E-state index is 11.1. The molecule has 9 nitrogen and oxygen atoms in total. The fourth-order valence-corrected chi connectivity index (χ4v) is 1.78. The van der Waals surface area contributed by atoms with Gasteiger partial charge < -0.3 is 5.73 Å². The Morgan fingerprint density at radius 2 is 1.85 bits per heavy atom. The number of non-ortho nitro benzene ring substituents is 1. The molecule has 0 unspecified atom stereocenters. The zero-order valence-corrected chi connectivity index (χ0v) is 10.3. The molecular weight excluding hydrogens is 266 g/mol. The van der Waals surface area contributed by atoms with Crippen LogP contribution in [0.4, 0.5) is 17.3 Å². The quantitative estimate of drug-likeness (QED) is 0.666. The highest BCUT2D eigenvalue weighted by Gasteiger charge is 2.23. The predicted octanol–water partition coefficient (Wildman–Crippen LogP) is 1.85. The second-order valence-corrected chi connectivity index (χ2v) is 3.93. The molecule has 0 fully saturated rings. The van der Waals surface area contributed by atoms with Crippen molar-refractivity contribution < 1.29 is 9.85 Å². The van der Waals surface area contributed by atoms with E-state index in [2.05, 4.69) is 9.97 Å². The first-order valence-corrected chi connectivity index (χ1v) is 5.43. The number of nitrogens with zero attached hydrogens (tertiary/aromatic N) is 4. The maximum Gasteiger partial charge on any atom is 0.316 e. The number of hydrogen-bond acceptors (Lipinski definition) is 7. The summed E-state index contributed by atoms with van der Waals surface area (Å²) in [6.07, 6.45) is 0. The monoisotopic (exact) mass is 275 g/mol. The van der Waals surface area contributed by atoms with Crippen LogP contribution in [0.2, 0.25) is 0 Å². The van der Waals surface area contributed by atoms with Crippen molar-refractivity contribution in [2.45, 2.75) is 6.92 Å². The molecule has 0 spiro atoms. The van der Waals surface area contributed by atoms with E-state index in [1.807, 2.05) is 0 Å². The smallest absolute Gasteiger partial charge is 0.316 e. The number of nitrogens with two attached hydrogens (primary N) is 1. The van der Waals surface area contributed by atoms with Crippen LogP contribution in [0, 0.1) is 27.2 Å². The number of nitrogen functional groups attached to an aromatic ring is 1. The minimum atomic E-state index is -0.636. The van der Waals surface area contributed by atoms with Crippen molar-refractivity contribution in [3.05, 3.63) is 50.2 Å². The Kier molecular flexibility index (Phi) is 3.25. The third kappa shape index (κ3) is 2.36. The Balaban J connectivity index is 2.71. The number of nitro benzene ring substituents is 1. The molecule has 102 valence electrons. The molecule has 2 rings (SSSR count). The van der Waals surface area contributed by atoms with Gasteiger partial charge in [0.05, 0.1) is 9.85 Å². The lowest BCUT2D eigenvalue weighted by molar-refractivity contribution is -0.385. The van der Waals surface area contributed by atoms with Crippen molar-refractivity contribution in [3.8, 4) is 11.3 Å². The van der Waals surface area contributed by atoms with Gasteiger partial charge in [-0.15, -0.1) is 0 Å². The Bertz CT molecular complexity index is 716. The van der Waals surface area contributed by atoms with Gasteiger partial charge in [0, 0.05) is 17.7 Å². The fraction of sp³-hybridized carbons (Fsp3) is 0.0909. The van der Waals surface area contributed by atoms with E-state index in [0.717, 1.165) is 0 Å². The fourth-order valence-electron chi connectivity index (χ4n) is 1.78. The summed E-state index contributed by atoms with van der Waals surface area (Å²) in [5, 5.41) is 21.8. The molecule has 0 saturated heterocycles. The van der Waals surface area contributed by atoms with Crippen LogP contribution in [-0.2, 0) is 0 Å². The van der Waals surface area contributed by atoms with Gasteiger partial charge in [-0.1, -0.05) is 12.1 Å². The van der Waals surface area contributed by atoms with E-state index >= 15 is 0 Å². The molecule has 2 aromatic rings. The van der Waals surface area contributed by atoms with Crippen LogP contribution in [-0.4, -0.2) is 19.8 Å². The second-order valence-electron chi connectivity index (χ2n) is 3.93. The molecule has 2 N–H and O–H groups in total. The summed E-state index contributed by atoms with van der Waals surface area (Å²) >= 11 is 0. The summed E-state index contributed by atoms with van der Waals surface area (Å²) in [4.78, 5) is 28.2. The van der Waals surface area contributed by atoms with E-state index in [4.69, 9.17) is 5.73 Å². The first-order chi connectivity index (χ1) is 9.40. The van der Waals surface area contributed by atoms with Crippen LogP contribution in [0.15, 0.2) is 24.3 Å². The van der Waals surface area contributed by atoms with Gasteiger partial charge >= 0.3 is 5.69 Å². The molecule has 9 heteroatoms. The van der Waals surface area contributed by atoms with Gasteiger partial charge in [-0.3, -0.25) is 20.2 Å². The third-order valence-corrected chi connectivity index (χ3v) is 2.59. The first-order valence-electron chi connectivity index (χ1n) is 5.43.